The number of carbonyl (C=O) groups excluding carboxylic acids is 2. The SMILES string of the molecule is CC(C)[C@H](NC(=O)c1ccccc1)C(=O)Nc1ccc2c(c1)OCCCO2. The first-order valence-corrected chi connectivity index (χ1v) is 9.11. The number of ether oxygens (including phenoxy) is 2. The van der Waals surface area contributed by atoms with Gasteiger partial charge in [0.15, 0.2) is 11.5 Å². The van der Waals surface area contributed by atoms with Crippen LogP contribution in [0.4, 0.5) is 5.69 Å². The third-order valence-electron chi connectivity index (χ3n) is 4.29. The molecule has 1 aliphatic heterocycles. The van der Waals surface area contributed by atoms with Crippen LogP contribution in [-0.4, -0.2) is 31.1 Å². The van der Waals surface area contributed by atoms with Gasteiger partial charge in [-0.1, -0.05) is 32.0 Å². The summed E-state index contributed by atoms with van der Waals surface area (Å²) < 4.78 is 11.3. The van der Waals surface area contributed by atoms with Crippen LogP contribution in [0.1, 0.15) is 30.6 Å². The first kappa shape index (κ1) is 18.8. The third kappa shape index (κ3) is 4.78. The normalized spacial score (nSPS) is 14.2. The van der Waals surface area contributed by atoms with Crippen LogP contribution in [0.5, 0.6) is 11.5 Å². The highest BCUT2D eigenvalue weighted by Gasteiger charge is 2.25. The lowest BCUT2D eigenvalue weighted by Gasteiger charge is -2.22. The van der Waals surface area contributed by atoms with Gasteiger partial charge in [0.25, 0.3) is 5.91 Å². The van der Waals surface area contributed by atoms with Crippen molar-refractivity contribution < 1.29 is 19.1 Å². The fourth-order valence-electron chi connectivity index (χ4n) is 2.81. The van der Waals surface area contributed by atoms with E-state index in [1.807, 2.05) is 19.9 Å². The van der Waals surface area contributed by atoms with Gasteiger partial charge < -0.3 is 20.1 Å². The molecule has 1 aliphatic rings. The zero-order valence-electron chi connectivity index (χ0n) is 15.5. The van der Waals surface area contributed by atoms with Crippen molar-refractivity contribution in [2.75, 3.05) is 18.5 Å². The molecule has 0 unspecified atom stereocenters. The molecule has 0 spiro atoms. The van der Waals surface area contributed by atoms with E-state index in [1.165, 1.54) is 0 Å². The molecule has 2 aromatic carbocycles. The van der Waals surface area contributed by atoms with Crippen LogP contribution in [0, 0.1) is 5.92 Å². The Hall–Kier alpha value is -3.02. The fraction of sp³-hybridized carbons (Fsp3) is 0.333. The van der Waals surface area contributed by atoms with E-state index in [1.54, 1.807) is 42.5 Å². The monoisotopic (exact) mass is 368 g/mol. The molecule has 0 aromatic heterocycles. The number of fused-ring (bicyclic) bond motifs is 1. The Morgan fingerprint density at radius 3 is 2.37 bits per heavy atom. The Kier molecular flexibility index (Phi) is 5.96. The van der Waals surface area contributed by atoms with Crippen LogP contribution in [0.15, 0.2) is 48.5 Å². The van der Waals surface area contributed by atoms with Gasteiger partial charge in [-0.15, -0.1) is 0 Å². The minimum atomic E-state index is -0.659. The third-order valence-corrected chi connectivity index (χ3v) is 4.29. The van der Waals surface area contributed by atoms with E-state index in [9.17, 15) is 9.59 Å². The van der Waals surface area contributed by atoms with Crippen molar-refractivity contribution in [2.24, 2.45) is 5.92 Å². The molecule has 0 radical (unpaired) electrons. The molecule has 0 fully saturated rings. The Morgan fingerprint density at radius 2 is 1.67 bits per heavy atom. The van der Waals surface area contributed by atoms with Gasteiger partial charge >= 0.3 is 0 Å². The first-order chi connectivity index (χ1) is 13.0. The van der Waals surface area contributed by atoms with Crippen molar-refractivity contribution in [3.05, 3.63) is 54.1 Å². The molecule has 2 amide bonds. The molecule has 0 saturated carbocycles. The van der Waals surface area contributed by atoms with E-state index in [-0.39, 0.29) is 17.7 Å². The average molecular weight is 368 g/mol. The standard InChI is InChI=1S/C21H24N2O4/c1-14(2)19(23-20(24)15-7-4-3-5-8-15)21(25)22-16-9-10-17-18(13-16)27-12-6-11-26-17/h3-5,7-10,13-14,19H,6,11-12H2,1-2H3,(H,22,25)(H,23,24)/t19-/m0/s1. The molecule has 0 bridgehead atoms. The number of hydrogen-bond donors (Lipinski definition) is 2. The second-order valence-corrected chi connectivity index (χ2v) is 6.76. The second-order valence-electron chi connectivity index (χ2n) is 6.76. The topological polar surface area (TPSA) is 76.7 Å². The molecular weight excluding hydrogens is 344 g/mol. The first-order valence-electron chi connectivity index (χ1n) is 9.11. The van der Waals surface area contributed by atoms with Crippen LogP contribution in [0.25, 0.3) is 0 Å². The van der Waals surface area contributed by atoms with Gasteiger partial charge in [-0.05, 0) is 30.2 Å². The summed E-state index contributed by atoms with van der Waals surface area (Å²) in [5.41, 5.74) is 1.12. The molecule has 1 heterocycles. The van der Waals surface area contributed by atoms with E-state index in [0.29, 0.717) is 36.0 Å². The summed E-state index contributed by atoms with van der Waals surface area (Å²) in [5.74, 6) is 0.660. The molecule has 3 rings (SSSR count). The molecule has 2 aromatic rings. The van der Waals surface area contributed by atoms with Gasteiger partial charge in [0, 0.05) is 23.7 Å². The van der Waals surface area contributed by atoms with Crippen molar-refractivity contribution in [2.45, 2.75) is 26.3 Å². The fourth-order valence-corrected chi connectivity index (χ4v) is 2.81. The van der Waals surface area contributed by atoms with E-state index in [2.05, 4.69) is 10.6 Å². The molecule has 27 heavy (non-hydrogen) atoms. The van der Waals surface area contributed by atoms with E-state index in [4.69, 9.17) is 9.47 Å². The summed E-state index contributed by atoms with van der Waals surface area (Å²) in [4.78, 5) is 25.2. The van der Waals surface area contributed by atoms with Crippen molar-refractivity contribution >= 4 is 17.5 Å². The minimum absolute atomic E-state index is 0.0712. The summed E-state index contributed by atoms with van der Waals surface area (Å²) in [7, 11) is 0. The predicted molar refractivity (Wildman–Crippen MR) is 103 cm³/mol. The number of amides is 2. The molecule has 142 valence electrons. The largest absolute Gasteiger partial charge is 0.490 e. The van der Waals surface area contributed by atoms with Gasteiger partial charge in [-0.25, -0.2) is 0 Å². The van der Waals surface area contributed by atoms with Crippen LogP contribution in [0.2, 0.25) is 0 Å². The molecule has 6 heteroatoms. The lowest BCUT2D eigenvalue weighted by molar-refractivity contribution is -0.118. The highest BCUT2D eigenvalue weighted by Crippen LogP contribution is 2.32. The van der Waals surface area contributed by atoms with E-state index in [0.717, 1.165) is 6.42 Å². The van der Waals surface area contributed by atoms with Gasteiger partial charge in [0.1, 0.15) is 6.04 Å². The van der Waals surface area contributed by atoms with Crippen LogP contribution in [0.3, 0.4) is 0 Å². The number of anilines is 1. The van der Waals surface area contributed by atoms with Crippen LogP contribution < -0.4 is 20.1 Å². The van der Waals surface area contributed by atoms with Crippen LogP contribution >= 0.6 is 0 Å². The number of hydrogen-bond acceptors (Lipinski definition) is 4. The second kappa shape index (κ2) is 8.58. The highest BCUT2D eigenvalue weighted by atomic mass is 16.5. The summed E-state index contributed by atoms with van der Waals surface area (Å²) in [6.45, 7) is 4.97. The molecule has 0 aliphatic carbocycles. The van der Waals surface area contributed by atoms with Gasteiger partial charge in [-0.2, -0.15) is 0 Å². The summed E-state index contributed by atoms with van der Waals surface area (Å²) in [6.07, 6.45) is 0.817. The maximum absolute atomic E-state index is 12.8. The molecule has 1 atom stereocenters. The zero-order valence-corrected chi connectivity index (χ0v) is 15.5. The van der Waals surface area contributed by atoms with Gasteiger partial charge in [0.05, 0.1) is 13.2 Å². The Balaban J connectivity index is 1.70. The summed E-state index contributed by atoms with van der Waals surface area (Å²) >= 11 is 0. The minimum Gasteiger partial charge on any atom is -0.490 e. The predicted octanol–water partition coefficient (Wildman–Crippen LogP) is 3.24. The smallest absolute Gasteiger partial charge is 0.251 e. The molecule has 2 N–H and O–H groups in total. The Bertz CT molecular complexity index is 805. The Morgan fingerprint density at radius 1 is 0.963 bits per heavy atom. The maximum atomic E-state index is 12.8. The van der Waals surface area contributed by atoms with Crippen molar-refractivity contribution in [1.82, 2.24) is 5.32 Å². The number of carbonyl (C=O) groups is 2. The Labute approximate surface area is 158 Å². The van der Waals surface area contributed by atoms with Crippen molar-refractivity contribution in [3.63, 3.8) is 0 Å². The van der Waals surface area contributed by atoms with Gasteiger partial charge in [-0.3, -0.25) is 9.59 Å². The molecule has 0 saturated heterocycles. The maximum Gasteiger partial charge on any atom is 0.251 e. The quantitative estimate of drug-likeness (QED) is 0.849. The van der Waals surface area contributed by atoms with Gasteiger partial charge in [0.2, 0.25) is 5.91 Å². The number of nitrogens with one attached hydrogen (secondary N) is 2. The average Bonchev–Trinajstić information content (AvgIpc) is 2.91. The molecular formula is C21H24N2O4. The highest BCUT2D eigenvalue weighted by molar-refractivity contribution is 6.01. The van der Waals surface area contributed by atoms with Crippen molar-refractivity contribution in [1.29, 1.82) is 0 Å². The van der Waals surface area contributed by atoms with Crippen LogP contribution in [-0.2, 0) is 4.79 Å². The van der Waals surface area contributed by atoms with E-state index < -0.39 is 6.04 Å². The lowest BCUT2D eigenvalue weighted by atomic mass is 10.0. The summed E-state index contributed by atoms with van der Waals surface area (Å²) in [5, 5.41) is 5.68. The van der Waals surface area contributed by atoms with Crippen molar-refractivity contribution in [3.8, 4) is 11.5 Å². The number of benzene rings is 2. The number of rotatable bonds is 5. The zero-order chi connectivity index (χ0) is 19.2. The lowest BCUT2D eigenvalue weighted by Crippen LogP contribution is -2.47. The van der Waals surface area contributed by atoms with E-state index >= 15 is 0 Å². The molecule has 6 nitrogen and oxygen atoms in total. The summed E-state index contributed by atoms with van der Waals surface area (Å²) in [6, 6.07) is 13.5.